The van der Waals surface area contributed by atoms with E-state index < -0.39 is 5.54 Å². The normalized spacial score (nSPS) is 25.0. The number of hydrogen-bond donors (Lipinski definition) is 1. The van der Waals surface area contributed by atoms with E-state index >= 15 is 0 Å². The van der Waals surface area contributed by atoms with Crippen molar-refractivity contribution in [3.63, 3.8) is 0 Å². The predicted molar refractivity (Wildman–Crippen MR) is 57.1 cm³/mol. The Labute approximate surface area is 89.7 Å². The maximum Gasteiger partial charge on any atom is 0.132 e. The first-order valence-electron chi connectivity index (χ1n) is 5.13. The molecule has 0 aliphatic carbocycles. The van der Waals surface area contributed by atoms with Crippen LogP contribution in [-0.4, -0.2) is 18.8 Å². The lowest BCUT2D eigenvalue weighted by Crippen LogP contribution is -2.43. The summed E-state index contributed by atoms with van der Waals surface area (Å²) in [5.74, 6) is 0. The summed E-state index contributed by atoms with van der Waals surface area (Å²) in [5.41, 5.74) is 0.717. The minimum atomic E-state index is -0.476. The molecule has 15 heavy (non-hydrogen) atoms. The Kier molecular flexibility index (Phi) is 3.00. The SMILES string of the molecule is N#C[C@@]1(NCc2ccccc2)CCOC1. The largest absolute Gasteiger partial charge is 0.378 e. The summed E-state index contributed by atoms with van der Waals surface area (Å²) in [6.45, 7) is 1.89. The highest BCUT2D eigenvalue weighted by atomic mass is 16.5. The summed E-state index contributed by atoms with van der Waals surface area (Å²) >= 11 is 0. The zero-order valence-corrected chi connectivity index (χ0v) is 8.57. The summed E-state index contributed by atoms with van der Waals surface area (Å²) in [5, 5.41) is 12.4. The van der Waals surface area contributed by atoms with Crippen LogP contribution in [-0.2, 0) is 11.3 Å². The van der Waals surface area contributed by atoms with Gasteiger partial charge in [0.15, 0.2) is 0 Å². The minimum Gasteiger partial charge on any atom is -0.378 e. The first-order valence-corrected chi connectivity index (χ1v) is 5.13. The Hall–Kier alpha value is -1.37. The molecule has 3 heteroatoms. The Morgan fingerprint density at radius 3 is 2.80 bits per heavy atom. The first-order chi connectivity index (χ1) is 7.35. The Morgan fingerprint density at radius 2 is 2.20 bits per heavy atom. The van der Waals surface area contributed by atoms with Crippen molar-refractivity contribution in [2.24, 2.45) is 0 Å². The van der Waals surface area contributed by atoms with E-state index in [0.29, 0.717) is 13.2 Å². The van der Waals surface area contributed by atoms with E-state index in [9.17, 15) is 0 Å². The fourth-order valence-electron chi connectivity index (χ4n) is 1.70. The topological polar surface area (TPSA) is 45.0 Å². The Bertz CT molecular complexity index is 350. The smallest absolute Gasteiger partial charge is 0.132 e. The van der Waals surface area contributed by atoms with E-state index in [1.807, 2.05) is 30.3 Å². The fourth-order valence-corrected chi connectivity index (χ4v) is 1.70. The van der Waals surface area contributed by atoms with Gasteiger partial charge in [0.25, 0.3) is 0 Å². The van der Waals surface area contributed by atoms with Crippen molar-refractivity contribution in [1.82, 2.24) is 5.32 Å². The molecule has 0 bridgehead atoms. The van der Waals surface area contributed by atoms with E-state index in [4.69, 9.17) is 10.00 Å². The van der Waals surface area contributed by atoms with Crippen molar-refractivity contribution < 1.29 is 4.74 Å². The summed E-state index contributed by atoms with van der Waals surface area (Å²) in [4.78, 5) is 0. The number of rotatable bonds is 3. The highest BCUT2D eigenvalue weighted by molar-refractivity contribution is 5.17. The molecule has 1 heterocycles. The summed E-state index contributed by atoms with van der Waals surface area (Å²) < 4.78 is 5.25. The zero-order chi connectivity index (χ0) is 10.6. The van der Waals surface area contributed by atoms with E-state index in [-0.39, 0.29) is 0 Å². The van der Waals surface area contributed by atoms with E-state index in [1.165, 1.54) is 5.56 Å². The van der Waals surface area contributed by atoms with Crippen molar-refractivity contribution in [3.8, 4) is 6.07 Å². The lowest BCUT2D eigenvalue weighted by Gasteiger charge is -2.20. The average molecular weight is 202 g/mol. The van der Waals surface area contributed by atoms with Crippen LogP contribution in [0.4, 0.5) is 0 Å². The van der Waals surface area contributed by atoms with Gasteiger partial charge in [0, 0.05) is 19.6 Å². The van der Waals surface area contributed by atoms with Crippen LogP contribution in [0.5, 0.6) is 0 Å². The Balaban J connectivity index is 1.95. The van der Waals surface area contributed by atoms with Gasteiger partial charge in [-0.05, 0) is 5.56 Å². The Morgan fingerprint density at radius 1 is 1.40 bits per heavy atom. The second-order valence-corrected chi connectivity index (χ2v) is 3.84. The van der Waals surface area contributed by atoms with Crippen LogP contribution in [0.3, 0.4) is 0 Å². The van der Waals surface area contributed by atoms with Gasteiger partial charge in [0.05, 0.1) is 12.7 Å². The van der Waals surface area contributed by atoms with Gasteiger partial charge in [0.1, 0.15) is 5.54 Å². The molecule has 1 saturated heterocycles. The lowest BCUT2D eigenvalue weighted by atomic mass is 10.0. The highest BCUT2D eigenvalue weighted by Crippen LogP contribution is 2.18. The van der Waals surface area contributed by atoms with Gasteiger partial charge in [-0.15, -0.1) is 0 Å². The predicted octanol–water partition coefficient (Wildman–Crippen LogP) is 1.46. The average Bonchev–Trinajstić information content (AvgIpc) is 2.77. The van der Waals surface area contributed by atoms with Gasteiger partial charge < -0.3 is 4.74 Å². The third-order valence-corrected chi connectivity index (χ3v) is 2.71. The molecule has 3 nitrogen and oxygen atoms in total. The zero-order valence-electron chi connectivity index (χ0n) is 8.57. The van der Waals surface area contributed by atoms with Crippen molar-refractivity contribution in [2.45, 2.75) is 18.5 Å². The third kappa shape index (κ3) is 2.35. The molecule has 0 amide bonds. The molecule has 0 spiro atoms. The second kappa shape index (κ2) is 4.43. The van der Waals surface area contributed by atoms with Crippen LogP contribution in [0.2, 0.25) is 0 Å². The third-order valence-electron chi connectivity index (χ3n) is 2.71. The van der Waals surface area contributed by atoms with Crippen molar-refractivity contribution in [2.75, 3.05) is 13.2 Å². The molecule has 2 rings (SSSR count). The van der Waals surface area contributed by atoms with Crippen LogP contribution >= 0.6 is 0 Å². The second-order valence-electron chi connectivity index (χ2n) is 3.84. The molecule has 1 atom stereocenters. The van der Waals surface area contributed by atoms with Gasteiger partial charge in [-0.3, -0.25) is 5.32 Å². The molecule has 1 fully saturated rings. The highest BCUT2D eigenvalue weighted by Gasteiger charge is 2.34. The van der Waals surface area contributed by atoms with Crippen LogP contribution in [0.15, 0.2) is 30.3 Å². The summed E-state index contributed by atoms with van der Waals surface area (Å²) in [6, 6.07) is 12.4. The number of nitriles is 1. The molecule has 1 aromatic rings. The molecule has 0 aromatic heterocycles. The van der Waals surface area contributed by atoms with Gasteiger partial charge in [-0.2, -0.15) is 5.26 Å². The maximum atomic E-state index is 9.10. The lowest BCUT2D eigenvalue weighted by molar-refractivity contribution is 0.179. The van der Waals surface area contributed by atoms with Crippen LogP contribution in [0.25, 0.3) is 0 Å². The molecule has 0 saturated carbocycles. The van der Waals surface area contributed by atoms with E-state index in [2.05, 4.69) is 11.4 Å². The van der Waals surface area contributed by atoms with Crippen molar-refractivity contribution in [1.29, 1.82) is 5.26 Å². The fraction of sp³-hybridized carbons (Fsp3) is 0.417. The van der Waals surface area contributed by atoms with Gasteiger partial charge in [0.2, 0.25) is 0 Å². The number of nitrogens with one attached hydrogen (secondary N) is 1. The quantitative estimate of drug-likeness (QED) is 0.807. The molecule has 78 valence electrons. The maximum absolute atomic E-state index is 9.10. The number of nitrogens with zero attached hydrogens (tertiary/aromatic N) is 1. The van der Waals surface area contributed by atoms with Gasteiger partial charge in [-0.25, -0.2) is 0 Å². The van der Waals surface area contributed by atoms with E-state index in [1.54, 1.807) is 0 Å². The monoisotopic (exact) mass is 202 g/mol. The van der Waals surface area contributed by atoms with Crippen LogP contribution in [0.1, 0.15) is 12.0 Å². The summed E-state index contributed by atoms with van der Waals surface area (Å²) in [6.07, 6.45) is 0.774. The van der Waals surface area contributed by atoms with Crippen molar-refractivity contribution >= 4 is 0 Å². The molecule has 1 aliphatic heterocycles. The van der Waals surface area contributed by atoms with Crippen LogP contribution < -0.4 is 5.32 Å². The number of ether oxygens (including phenoxy) is 1. The van der Waals surface area contributed by atoms with Crippen molar-refractivity contribution in [3.05, 3.63) is 35.9 Å². The number of benzene rings is 1. The molecular formula is C12H14N2O. The first kappa shape index (κ1) is 10.2. The van der Waals surface area contributed by atoms with Gasteiger partial charge in [-0.1, -0.05) is 30.3 Å². The molecular weight excluding hydrogens is 188 g/mol. The molecule has 1 N–H and O–H groups in total. The standard InChI is InChI=1S/C12H14N2O/c13-9-12(6-7-15-10-12)14-8-11-4-2-1-3-5-11/h1-5,14H,6-8,10H2/t12-/m0/s1. The van der Waals surface area contributed by atoms with Crippen LogP contribution in [0, 0.1) is 11.3 Å². The van der Waals surface area contributed by atoms with Gasteiger partial charge >= 0.3 is 0 Å². The van der Waals surface area contributed by atoms with E-state index in [0.717, 1.165) is 13.0 Å². The minimum absolute atomic E-state index is 0.476. The molecule has 1 aliphatic rings. The molecule has 0 radical (unpaired) electrons. The molecule has 0 unspecified atom stereocenters. The number of hydrogen-bond acceptors (Lipinski definition) is 3. The molecule has 1 aromatic carbocycles. The summed E-state index contributed by atoms with van der Waals surface area (Å²) in [7, 11) is 0.